The van der Waals surface area contributed by atoms with Gasteiger partial charge in [0.25, 0.3) is 0 Å². The van der Waals surface area contributed by atoms with Crippen molar-refractivity contribution in [2.45, 2.75) is 11.8 Å². The van der Waals surface area contributed by atoms with Gasteiger partial charge in [0.1, 0.15) is 0 Å². The van der Waals surface area contributed by atoms with Crippen molar-refractivity contribution < 1.29 is 8.42 Å². The molecule has 0 amide bonds. The molecule has 0 aromatic heterocycles. The molecule has 1 aromatic carbocycles. The van der Waals surface area contributed by atoms with Crippen molar-refractivity contribution in [2.75, 3.05) is 6.26 Å². The minimum absolute atomic E-state index is 0.161. The molecule has 0 heterocycles. The molecule has 1 rings (SSSR count). The van der Waals surface area contributed by atoms with Crippen molar-refractivity contribution in [1.29, 1.82) is 0 Å². The van der Waals surface area contributed by atoms with Crippen molar-refractivity contribution in [1.82, 2.24) is 0 Å². The smallest absolute Gasteiger partial charge is 0.178 e. The van der Waals surface area contributed by atoms with Crippen LogP contribution in [-0.2, 0) is 9.84 Å². The lowest BCUT2D eigenvalue weighted by Crippen LogP contribution is -2.00. The van der Waals surface area contributed by atoms with E-state index in [0.717, 1.165) is 11.8 Å². The van der Waals surface area contributed by atoms with Crippen LogP contribution in [0.1, 0.15) is 5.56 Å². The Bertz CT molecular complexity index is 440. The summed E-state index contributed by atoms with van der Waals surface area (Å²) in [6.45, 7) is 1.77. The maximum absolute atomic E-state index is 11.3. The molecular formula is C8H8BrClO2S. The third kappa shape index (κ3) is 2.24. The van der Waals surface area contributed by atoms with E-state index in [9.17, 15) is 8.42 Å². The number of halogens is 2. The molecule has 2 nitrogen and oxygen atoms in total. The van der Waals surface area contributed by atoms with Gasteiger partial charge in [-0.05, 0) is 34.5 Å². The molecule has 0 aliphatic heterocycles. The van der Waals surface area contributed by atoms with Crippen molar-refractivity contribution in [2.24, 2.45) is 0 Å². The van der Waals surface area contributed by atoms with Gasteiger partial charge in [0.2, 0.25) is 0 Å². The van der Waals surface area contributed by atoms with Gasteiger partial charge < -0.3 is 0 Å². The second-order valence-corrected chi connectivity index (χ2v) is 5.96. The van der Waals surface area contributed by atoms with Crippen LogP contribution in [0, 0.1) is 6.92 Å². The number of aryl methyl sites for hydroxylation is 1. The average Bonchev–Trinajstić information content (AvgIpc) is 1.95. The zero-order valence-corrected chi connectivity index (χ0v) is 10.3. The maximum atomic E-state index is 11.3. The first-order valence-corrected chi connectivity index (χ1v) is 6.55. The summed E-state index contributed by atoms with van der Waals surface area (Å²) in [5.74, 6) is 0. The van der Waals surface area contributed by atoms with Crippen LogP contribution >= 0.6 is 27.5 Å². The molecule has 0 aliphatic rings. The Hall–Kier alpha value is -0.0600. The van der Waals surface area contributed by atoms with E-state index in [1.54, 1.807) is 19.1 Å². The molecule has 5 heteroatoms. The Kier molecular flexibility index (Phi) is 3.05. The first kappa shape index (κ1) is 11.0. The minimum atomic E-state index is -3.27. The van der Waals surface area contributed by atoms with Crippen LogP contribution < -0.4 is 0 Å². The Balaban J connectivity index is 3.62. The molecule has 0 N–H and O–H groups in total. The van der Waals surface area contributed by atoms with Gasteiger partial charge in [-0.15, -0.1) is 0 Å². The Morgan fingerprint density at radius 2 is 1.92 bits per heavy atom. The third-order valence-electron chi connectivity index (χ3n) is 1.61. The van der Waals surface area contributed by atoms with E-state index < -0.39 is 9.84 Å². The summed E-state index contributed by atoms with van der Waals surface area (Å²) in [5, 5.41) is 0.289. The van der Waals surface area contributed by atoms with Crippen LogP contribution in [0.2, 0.25) is 5.02 Å². The standard InChI is InChI=1S/C8H8BrClO2S/c1-5-3-4-6(9)8(7(5)10)13(2,11)12/h3-4H,1-2H3. The summed E-state index contributed by atoms with van der Waals surface area (Å²) < 4.78 is 23.1. The molecule has 0 radical (unpaired) electrons. The lowest BCUT2D eigenvalue weighted by molar-refractivity contribution is 0.601. The number of sulfone groups is 1. The van der Waals surface area contributed by atoms with E-state index in [1.165, 1.54) is 0 Å². The Morgan fingerprint density at radius 1 is 1.38 bits per heavy atom. The van der Waals surface area contributed by atoms with Crippen LogP contribution in [0.5, 0.6) is 0 Å². The summed E-state index contributed by atoms with van der Waals surface area (Å²) in [4.78, 5) is 0.161. The summed E-state index contributed by atoms with van der Waals surface area (Å²) >= 11 is 9.03. The van der Waals surface area contributed by atoms with Gasteiger partial charge in [0, 0.05) is 10.7 Å². The molecule has 0 saturated carbocycles. The van der Waals surface area contributed by atoms with Gasteiger partial charge >= 0.3 is 0 Å². The van der Waals surface area contributed by atoms with Crippen LogP contribution in [0.25, 0.3) is 0 Å². The second kappa shape index (κ2) is 3.59. The number of rotatable bonds is 1. The molecule has 0 unspecified atom stereocenters. The monoisotopic (exact) mass is 282 g/mol. The zero-order chi connectivity index (χ0) is 10.2. The number of benzene rings is 1. The highest BCUT2D eigenvalue weighted by Crippen LogP contribution is 2.31. The second-order valence-electron chi connectivity index (χ2n) is 2.78. The van der Waals surface area contributed by atoms with E-state index >= 15 is 0 Å². The van der Waals surface area contributed by atoms with Gasteiger partial charge in [-0.25, -0.2) is 8.42 Å². The van der Waals surface area contributed by atoms with Crippen LogP contribution in [-0.4, -0.2) is 14.7 Å². The molecule has 0 saturated heterocycles. The maximum Gasteiger partial charge on any atom is 0.178 e. The first-order valence-electron chi connectivity index (χ1n) is 3.48. The minimum Gasteiger partial charge on any atom is -0.224 e. The summed E-state index contributed by atoms with van der Waals surface area (Å²) in [6, 6.07) is 3.44. The summed E-state index contributed by atoms with van der Waals surface area (Å²) in [7, 11) is -3.27. The molecule has 0 aliphatic carbocycles. The topological polar surface area (TPSA) is 34.1 Å². The Morgan fingerprint density at radius 3 is 2.31 bits per heavy atom. The van der Waals surface area contributed by atoms with Crippen molar-refractivity contribution in [3.63, 3.8) is 0 Å². The fourth-order valence-corrected chi connectivity index (χ4v) is 3.79. The van der Waals surface area contributed by atoms with Gasteiger partial charge in [-0.3, -0.25) is 0 Å². The number of hydrogen-bond acceptors (Lipinski definition) is 2. The van der Waals surface area contributed by atoms with Crippen molar-refractivity contribution in [3.8, 4) is 0 Å². The molecule has 13 heavy (non-hydrogen) atoms. The SMILES string of the molecule is Cc1ccc(Br)c(S(C)(=O)=O)c1Cl. The highest BCUT2D eigenvalue weighted by atomic mass is 79.9. The molecule has 1 aromatic rings. The van der Waals surface area contributed by atoms with Crippen LogP contribution in [0.15, 0.2) is 21.5 Å². The van der Waals surface area contributed by atoms with E-state index in [0.29, 0.717) is 4.47 Å². The molecule has 0 atom stereocenters. The Labute approximate surface area is 91.0 Å². The molecule has 72 valence electrons. The third-order valence-corrected chi connectivity index (χ3v) is 4.30. The predicted octanol–water partition coefficient (Wildman–Crippen LogP) is 2.81. The number of hydrogen-bond donors (Lipinski definition) is 0. The van der Waals surface area contributed by atoms with Crippen molar-refractivity contribution >= 4 is 37.4 Å². The van der Waals surface area contributed by atoms with Crippen molar-refractivity contribution in [3.05, 3.63) is 27.2 Å². The lowest BCUT2D eigenvalue weighted by atomic mass is 10.2. The first-order chi connectivity index (χ1) is 5.84. The van der Waals surface area contributed by atoms with Gasteiger partial charge in [-0.1, -0.05) is 17.7 Å². The predicted molar refractivity (Wildman–Crippen MR) is 57.0 cm³/mol. The van der Waals surface area contributed by atoms with Crippen LogP contribution in [0.3, 0.4) is 0 Å². The quantitative estimate of drug-likeness (QED) is 0.794. The average molecular weight is 284 g/mol. The fraction of sp³-hybridized carbons (Fsp3) is 0.250. The molecule has 0 bridgehead atoms. The van der Waals surface area contributed by atoms with Gasteiger partial charge in [0.05, 0.1) is 9.92 Å². The van der Waals surface area contributed by atoms with E-state index in [2.05, 4.69) is 15.9 Å². The zero-order valence-electron chi connectivity index (χ0n) is 7.14. The summed E-state index contributed by atoms with van der Waals surface area (Å²) in [6.07, 6.45) is 1.14. The highest BCUT2D eigenvalue weighted by molar-refractivity contribution is 9.10. The highest BCUT2D eigenvalue weighted by Gasteiger charge is 2.17. The van der Waals surface area contributed by atoms with Gasteiger partial charge in [-0.2, -0.15) is 0 Å². The van der Waals surface area contributed by atoms with E-state index in [1.807, 2.05) is 0 Å². The molecular weight excluding hydrogens is 276 g/mol. The largest absolute Gasteiger partial charge is 0.224 e. The van der Waals surface area contributed by atoms with Gasteiger partial charge in [0.15, 0.2) is 9.84 Å². The lowest BCUT2D eigenvalue weighted by Gasteiger charge is -2.06. The fourth-order valence-electron chi connectivity index (χ4n) is 0.971. The van der Waals surface area contributed by atoms with Crippen LogP contribution in [0.4, 0.5) is 0 Å². The molecule has 0 spiro atoms. The summed E-state index contributed by atoms with van der Waals surface area (Å²) in [5.41, 5.74) is 0.755. The molecule has 0 fully saturated rings. The normalized spacial score (nSPS) is 11.7. The van der Waals surface area contributed by atoms with E-state index in [-0.39, 0.29) is 9.92 Å². The van der Waals surface area contributed by atoms with E-state index in [4.69, 9.17) is 11.6 Å².